The first-order valence-corrected chi connectivity index (χ1v) is 31.8. The molecular formula is C72H116O6. The molecule has 0 aliphatic heterocycles. The van der Waals surface area contributed by atoms with Crippen LogP contribution in [0.3, 0.4) is 0 Å². The molecule has 0 rings (SSSR count). The van der Waals surface area contributed by atoms with E-state index in [1.54, 1.807) is 0 Å². The summed E-state index contributed by atoms with van der Waals surface area (Å²) in [6, 6.07) is 0. The number of esters is 3. The standard InChI is InChI=1S/C72H116O6/c1-4-7-10-13-16-19-22-24-26-28-30-31-32-33-34-35-36-37-38-39-40-41-43-44-46-48-50-53-56-59-62-65-71(74)77-68-69(67-76-70(73)64-61-58-55-52-21-18-15-12-9-6-3)78-72(75)66-63-60-57-54-51-49-47-45-42-29-27-25-23-20-17-14-11-8-5-2/h7-8,10-12,15-17,19-20,24-27,30-31,33-34,42,45,49,51,57,60,69H,4-6,9,13-14,18,21-23,28-29,32,35-41,43-44,46-48,50,52-56,58-59,61-68H2,1-3H3/b10-7-,11-8-,15-12-,19-16-,20-17-,26-24-,27-25-,31-30-,34-33-,45-42-,51-49-,60-57-. The molecule has 0 spiro atoms. The Morgan fingerprint density at radius 2 is 0.526 bits per heavy atom. The normalized spacial score (nSPS) is 13.1. The second kappa shape index (κ2) is 64.8. The van der Waals surface area contributed by atoms with E-state index >= 15 is 0 Å². The minimum absolute atomic E-state index is 0.114. The molecule has 0 aliphatic rings. The van der Waals surface area contributed by atoms with E-state index in [2.05, 4.69) is 154 Å². The van der Waals surface area contributed by atoms with Crippen molar-refractivity contribution in [2.24, 2.45) is 0 Å². The van der Waals surface area contributed by atoms with Gasteiger partial charge >= 0.3 is 17.9 Å². The van der Waals surface area contributed by atoms with Crippen molar-refractivity contribution in [3.8, 4) is 0 Å². The van der Waals surface area contributed by atoms with E-state index in [9.17, 15) is 14.4 Å². The quantitative estimate of drug-likeness (QED) is 0.0261. The predicted molar refractivity (Wildman–Crippen MR) is 339 cm³/mol. The largest absolute Gasteiger partial charge is 0.462 e. The predicted octanol–water partition coefficient (Wildman–Crippen LogP) is 21.9. The van der Waals surface area contributed by atoms with Crippen LogP contribution in [-0.2, 0) is 28.6 Å². The molecule has 78 heavy (non-hydrogen) atoms. The van der Waals surface area contributed by atoms with Crippen LogP contribution in [0, 0.1) is 0 Å². The van der Waals surface area contributed by atoms with Crippen LogP contribution in [-0.4, -0.2) is 37.2 Å². The molecule has 0 bridgehead atoms. The van der Waals surface area contributed by atoms with Crippen LogP contribution in [0.4, 0.5) is 0 Å². The second-order valence-electron chi connectivity index (χ2n) is 20.5. The Kier molecular flexibility index (Phi) is 60.9. The Labute approximate surface area is 480 Å². The number of hydrogen-bond donors (Lipinski definition) is 0. The van der Waals surface area contributed by atoms with Crippen molar-refractivity contribution < 1.29 is 28.6 Å². The van der Waals surface area contributed by atoms with Crippen molar-refractivity contribution in [3.05, 3.63) is 146 Å². The molecule has 0 heterocycles. The van der Waals surface area contributed by atoms with Gasteiger partial charge in [0, 0.05) is 19.3 Å². The molecule has 0 saturated carbocycles. The minimum Gasteiger partial charge on any atom is -0.462 e. The number of allylic oxidation sites excluding steroid dienone is 24. The maximum absolute atomic E-state index is 12.8. The van der Waals surface area contributed by atoms with E-state index in [1.165, 1.54) is 96.3 Å². The number of ether oxygens (including phenoxy) is 3. The highest BCUT2D eigenvalue weighted by atomic mass is 16.6. The van der Waals surface area contributed by atoms with Crippen molar-refractivity contribution in [1.82, 2.24) is 0 Å². The van der Waals surface area contributed by atoms with E-state index in [-0.39, 0.29) is 31.6 Å². The van der Waals surface area contributed by atoms with E-state index in [0.29, 0.717) is 19.3 Å². The van der Waals surface area contributed by atoms with E-state index in [1.807, 2.05) is 12.2 Å². The van der Waals surface area contributed by atoms with Crippen molar-refractivity contribution in [2.45, 2.75) is 277 Å². The van der Waals surface area contributed by atoms with Gasteiger partial charge in [-0.05, 0) is 122 Å². The Balaban J connectivity index is 4.27. The van der Waals surface area contributed by atoms with Crippen LogP contribution >= 0.6 is 0 Å². The smallest absolute Gasteiger partial charge is 0.306 e. The first-order chi connectivity index (χ1) is 38.5. The molecule has 0 fully saturated rings. The minimum atomic E-state index is -0.826. The van der Waals surface area contributed by atoms with Crippen molar-refractivity contribution in [1.29, 1.82) is 0 Å². The van der Waals surface area contributed by atoms with Crippen LogP contribution in [0.2, 0.25) is 0 Å². The molecule has 0 aromatic heterocycles. The highest BCUT2D eigenvalue weighted by molar-refractivity contribution is 5.71. The van der Waals surface area contributed by atoms with Gasteiger partial charge < -0.3 is 14.2 Å². The maximum Gasteiger partial charge on any atom is 0.306 e. The molecule has 0 aliphatic carbocycles. The highest BCUT2D eigenvalue weighted by Crippen LogP contribution is 2.16. The Morgan fingerprint density at radius 1 is 0.269 bits per heavy atom. The van der Waals surface area contributed by atoms with Gasteiger partial charge in [0.05, 0.1) is 0 Å². The summed E-state index contributed by atoms with van der Waals surface area (Å²) < 4.78 is 16.8. The molecule has 1 atom stereocenters. The topological polar surface area (TPSA) is 78.9 Å². The molecule has 0 aromatic rings. The Bertz CT molecular complexity index is 1710. The van der Waals surface area contributed by atoms with Crippen LogP contribution < -0.4 is 0 Å². The van der Waals surface area contributed by atoms with Crippen molar-refractivity contribution in [3.63, 3.8) is 0 Å². The second-order valence-corrected chi connectivity index (χ2v) is 20.5. The Hall–Kier alpha value is -4.71. The monoisotopic (exact) mass is 1080 g/mol. The summed E-state index contributed by atoms with van der Waals surface area (Å²) in [5.74, 6) is -1.01. The first kappa shape index (κ1) is 73.3. The molecule has 440 valence electrons. The fourth-order valence-electron chi connectivity index (χ4n) is 8.38. The van der Waals surface area contributed by atoms with Gasteiger partial charge in [-0.15, -0.1) is 0 Å². The molecule has 0 amide bonds. The number of rotatable bonds is 56. The fraction of sp³-hybridized carbons (Fsp3) is 0.625. The van der Waals surface area contributed by atoms with Crippen LogP contribution in [0.25, 0.3) is 0 Å². The molecule has 1 unspecified atom stereocenters. The number of carbonyl (C=O) groups is 3. The fourth-order valence-corrected chi connectivity index (χ4v) is 8.38. The molecule has 0 saturated heterocycles. The third kappa shape index (κ3) is 62.1. The summed E-state index contributed by atoms with van der Waals surface area (Å²) in [7, 11) is 0. The summed E-state index contributed by atoms with van der Waals surface area (Å²) >= 11 is 0. The lowest BCUT2D eigenvalue weighted by Gasteiger charge is -2.18. The number of carbonyl (C=O) groups excluding carboxylic acids is 3. The number of unbranched alkanes of at least 4 members (excludes halogenated alkanes) is 21. The van der Waals surface area contributed by atoms with Crippen molar-refractivity contribution >= 4 is 17.9 Å². The number of hydrogen-bond acceptors (Lipinski definition) is 6. The van der Waals surface area contributed by atoms with Crippen LogP contribution in [0.5, 0.6) is 0 Å². The van der Waals surface area contributed by atoms with Gasteiger partial charge in [-0.1, -0.05) is 276 Å². The first-order valence-electron chi connectivity index (χ1n) is 31.8. The summed E-state index contributed by atoms with van der Waals surface area (Å²) in [4.78, 5) is 38.1. The van der Waals surface area contributed by atoms with E-state index in [4.69, 9.17) is 14.2 Å². The average molecular weight is 1080 g/mol. The third-order valence-electron chi connectivity index (χ3n) is 13.1. The highest BCUT2D eigenvalue weighted by Gasteiger charge is 2.19. The SMILES string of the molecule is CC/C=C\C/C=C\C/C=C\C/C=C\C/C=C\C/C=C\CCC(=O)OC(COC(=O)CCCCCCC/C=C\CCC)COC(=O)CCCCCCCCCCCCCCCCC/C=C\C/C=C\C/C=C\C/C=C\C/C=C\CC. The van der Waals surface area contributed by atoms with Crippen LogP contribution in [0.1, 0.15) is 271 Å². The van der Waals surface area contributed by atoms with Gasteiger partial charge in [-0.25, -0.2) is 0 Å². The lowest BCUT2D eigenvalue weighted by molar-refractivity contribution is -0.166. The third-order valence-corrected chi connectivity index (χ3v) is 13.1. The van der Waals surface area contributed by atoms with E-state index < -0.39 is 12.1 Å². The van der Waals surface area contributed by atoms with Gasteiger partial charge in [0.1, 0.15) is 13.2 Å². The summed E-state index contributed by atoms with van der Waals surface area (Å²) in [5, 5.41) is 0. The summed E-state index contributed by atoms with van der Waals surface area (Å²) in [6.07, 6.45) is 93.1. The zero-order valence-electron chi connectivity index (χ0n) is 50.4. The molecule has 0 aromatic carbocycles. The van der Waals surface area contributed by atoms with Gasteiger partial charge in [-0.2, -0.15) is 0 Å². The Morgan fingerprint density at radius 3 is 0.846 bits per heavy atom. The van der Waals surface area contributed by atoms with Gasteiger partial charge in [0.25, 0.3) is 0 Å². The maximum atomic E-state index is 12.8. The molecule has 0 N–H and O–H groups in total. The zero-order valence-corrected chi connectivity index (χ0v) is 50.4. The summed E-state index contributed by atoms with van der Waals surface area (Å²) in [5.41, 5.74) is 0. The zero-order chi connectivity index (χ0) is 56.4. The van der Waals surface area contributed by atoms with Gasteiger partial charge in [0.2, 0.25) is 0 Å². The van der Waals surface area contributed by atoms with Crippen LogP contribution in [0.15, 0.2) is 146 Å². The molecule has 6 nitrogen and oxygen atoms in total. The lowest BCUT2D eigenvalue weighted by Crippen LogP contribution is -2.30. The van der Waals surface area contributed by atoms with E-state index in [0.717, 1.165) is 128 Å². The average Bonchev–Trinajstić information content (AvgIpc) is 3.44. The summed E-state index contributed by atoms with van der Waals surface area (Å²) in [6.45, 7) is 6.28. The van der Waals surface area contributed by atoms with Crippen molar-refractivity contribution in [2.75, 3.05) is 13.2 Å². The molecule has 6 heteroatoms. The molecular weight excluding hydrogens is 961 g/mol. The molecule has 0 radical (unpaired) electrons. The lowest BCUT2D eigenvalue weighted by atomic mass is 10.0. The van der Waals surface area contributed by atoms with Gasteiger partial charge in [-0.3, -0.25) is 14.4 Å². The van der Waals surface area contributed by atoms with Gasteiger partial charge in [0.15, 0.2) is 6.10 Å².